The third kappa shape index (κ3) is 2.21. The maximum Gasteiger partial charge on any atom is 0.142 e. The molecule has 0 spiro atoms. The highest BCUT2D eigenvalue weighted by Gasteiger charge is 2.33. The van der Waals surface area contributed by atoms with Gasteiger partial charge >= 0.3 is 0 Å². The van der Waals surface area contributed by atoms with Crippen molar-refractivity contribution in [1.82, 2.24) is 9.78 Å². The molecular formula is C13H20N4O. The van der Waals surface area contributed by atoms with Crippen molar-refractivity contribution < 1.29 is 5.11 Å². The Bertz CT molecular complexity index is 466. The van der Waals surface area contributed by atoms with Gasteiger partial charge in [-0.05, 0) is 19.8 Å². The second-order valence-electron chi connectivity index (χ2n) is 5.26. The number of nitrogens with one attached hydrogen (secondary N) is 1. The highest BCUT2D eigenvalue weighted by atomic mass is 16.3. The molecule has 1 heterocycles. The molecule has 0 radical (unpaired) electrons. The largest absolute Gasteiger partial charge is 0.396 e. The van der Waals surface area contributed by atoms with Gasteiger partial charge in [0.25, 0.3) is 0 Å². The van der Waals surface area contributed by atoms with Crippen molar-refractivity contribution in [3.8, 4) is 6.07 Å². The first-order valence-electron chi connectivity index (χ1n) is 6.40. The molecule has 18 heavy (non-hydrogen) atoms. The van der Waals surface area contributed by atoms with Crippen LogP contribution >= 0.6 is 0 Å². The van der Waals surface area contributed by atoms with Gasteiger partial charge in [-0.25, -0.2) is 0 Å². The predicted octanol–water partition coefficient (Wildman–Crippen LogP) is 1.56. The Labute approximate surface area is 107 Å². The Morgan fingerprint density at radius 3 is 2.72 bits per heavy atom. The number of nitrogens with zero attached hydrogens (tertiary/aromatic N) is 3. The minimum atomic E-state index is -0.0229. The van der Waals surface area contributed by atoms with Crippen molar-refractivity contribution in [2.24, 2.45) is 12.5 Å². The zero-order chi connectivity index (χ0) is 13.2. The van der Waals surface area contributed by atoms with Crippen LogP contribution in [0, 0.1) is 23.7 Å². The molecule has 1 aromatic heterocycles. The van der Waals surface area contributed by atoms with Crippen molar-refractivity contribution in [2.45, 2.75) is 32.6 Å². The molecule has 0 atom stereocenters. The summed E-state index contributed by atoms with van der Waals surface area (Å²) in [6, 6.07) is 2.18. The van der Waals surface area contributed by atoms with E-state index < -0.39 is 0 Å². The molecule has 0 amide bonds. The van der Waals surface area contributed by atoms with Gasteiger partial charge in [0.15, 0.2) is 0 Å². The fourth-order valence-corrected chi connectivity index (χ4v) is 2.78. The molecular weight excluding hydrogens is 228 g/mol. The van der Waals surface area contributed by atoms with Gasteiger partial charge in [0.05, 0.1) is 12.3 Å². The Balaban J connectivity index is 2.13. The van der Waals surface area contributed by atoms with E-state index >= 15 is 0 Å². The lowest BCUT2D eigenvalue weighted by molar-refractivity contribution is 0.142. The third-order valence-corrected chi connectivity index (χ3v) is 3.96. The highest BCUT2D eigenvalue weighted by Crippen LogP contribution is 2.37. The van der Waals surface area contributed by atoms with Crippen molar-refractivity contribution in [3.05, 3.63) is 11.3 Å². The molecule has 2 rings (SSSR count). The van der Waals surface area contributed by atoms with E-state index in [1.54, 1.807) is 4.68 Å². The van der Waals surface area contributed by atoms with Crippen molar-refractivity contribution >= 4 is 5.82 Å². The summed E-state index contributed by atoms with van der Waals surface area (Å²) in [6.45, 7) is 2.75. The molecule has 0 aliphatic heterocycles. The van der Waals surface area contributed by atoms with Gasteiger partial charge < -0.3 is 10.4 Å². The number of aromatic nitrogens is 2. The Kier molecular flexibility index (Phi) is 3.58. The minimum Gasteiger partial charge on any atom is -0.396 e. The maximum atomic E-state index is 9.57. The normalized spacial score (nSPS) is 17.7. The van der Waals surface area contributed by atoms with Crippen LogP contribution in [0.3, 0.4) is 0 Å². The van der Waals surface area contributed by atoms with E-state index in [0.717, 1.165) is 24.4 Å². The molecule has 98 valence electrons. The summed E-state index contributed by atoms with van der Waals surface area (Å²) in [6.07, 6.45) is 4.46. The molecule has 5 heteroatoms. The molecule has 5 nitrogen and oxygen atoms in total. The van der Waals surface area contributed by atoms with Crippen LogP contribution in [0.1, 0.15) is 36.9 Å². The molecule has 1 aromatic rings. The van der Waals surface area contributed by atoms with Gasteiger partial charge in [-0.3, -0.25) is 4.68 Å². The lowest BCUT2D eigenvalue weighted by Crippen LogP contribution is -2.31. The quantitative estimate of drug-likeness (QED) is 0.848. The van der Waals surface area contributed by atoms with Crippen molar-refractivity contribution in [3.63, 3.8) is 0 Å². The molecule has 1 saturated carbocycles. The molecule has 0 unspecified atom stereocenters. The van der Waals surface area contributed by atoms with Gasteiger partial charge in [0.2, 0.25) is 0 Å². The average molecular weight is 248 g/mol. The smallest absolute Gasteiger partial charge is 0.142 e. The van der Waals surface area contributed by atoms with Gasteiger partial charge in [0, 0.05) is 19.0 Å². The molecule has 0 bridgehead atoms. The summed E-state index contributed by atoms with van der Waals surface area (Å²) in [7, 11) is 1.83. The van der Waals surface area contributed by atoms with E-state index in [0.29, 0.717) is 12.1 Å². The molecule has 1 aliphatic rings. The second-order valence-corrected chi connectivity index (χ2v) is 5.26. The van der Waals surface area contributed by atoms with Crippen LogP contribution < -0.4 is 5.32 Å². The predicted molar refractivity (Wildman–Crippen MR) is 69.1 cm³/mol. The zero-order valence-electron chi connectivity index (χ0n) is 11.0. The number of hydrogen-bond donors (Lipinski definition) is 2. The average Bonchev–Trinajstić information content (AvgIpc) is 2.92. The lowest BCUT2D eigenvalue weighted by atomic mass is 9.87. The lowest BCUT2D eigenvalue weighted by Gasteiger charge is -2.27. The van der Waals surface area contributed by atoms with Crippen molar-refractivity contribution in [2.75, 3.05) is 18.5 Å². The van der Waals surface area contributed by atoms with Crippen LogP contribution in [-0.2, 0) is 7.05 Å². The van der Waals surface area contributed by atoms with Gasteiger partial charge in [-0.15, -0.1) is 0 Å². The first kappa shape index (κ1) is 12.9. The summed E-state index contributed by atoms with van der Waals surface area (Å²) >= 11 is 0. The van der Waals surface area contributed by atoms with E-state index in [1.165, 1.54) is 12.8 Å². The van der Waals surface area contributed by atoms with Crippen LogP contribution in [0.2, 0.25) is 0 Å². The van der Waals surface area contributed by atoms with E-state index in [4.69, 9.17) is 5.26 Å². The number of nitriles is 1. The fraction of sp³-hybridized carbons (Fsp3) is 0.692. The summed E-state index contributed by atoms with van der Waals surface area (Å²) in [5.41, 5.74) is 1.32. The third-order valence-electron chi connectivity index (χ3n) is 3.96. The van der Waals surface area contributed by atoms with Gasteiger partial charge in [-0.2, -0.15) is 10.4 Å². The van der Waals surface area contributed by atoms with Crippen LogP contribution in [0.4, 0.5) is 5.82 Å². The number of aryl methyl sites for hydroxylation is 2. The highest BCUT2D eigenvalue weighted by molar-refractivity contribution is 5.55. The number of aliphatic hydroxyl groups is 1. The topological polar surface area (TPSA) is 73.9 Å². The standard InChI is InChI=1S/C13H20N4O/c1-10-11(7-14)12(17(2)16-10)15-8-13(9-18)5-3-4-6-13/h15,18H,3-6,8-9H2,1-2H3. The minimum absolute atomic E-state index is 0.0229. The maximum absolute atomic E-state index is 9.57. The number of anilines is 1. The first-order chi connectivity index (χ1) is 8.62. The Hall–Kier alpha value is -1.54. The molecule has 2 N–H and O–H groups in total. The van der Waals surface area contributed by atoms with Crippen LogP contribution in [0.5, 0.6) is 0 Å². The van der Waals surface area contributed by atoms with E-state index in [-0.39, 0.29) is 12.0 Å². The molecule has 1 fully saturated rings. The van der Waals surface area contributed by atoms with Gasteiger partial charge in [0.1, 0.15) is 17.5 Å². The van der Waals surface area contributed by atoms with E-state index in [2.05, 4.69) is 16.5 Å². The van der Waals surface area contributed by atoms with Crippen molar-refractivity contribution in [1.29, 1.82) is 5.26 Å². The zero-order valence-corrected chi connectivity index (χ0v) is 11.0. The number of hydrogen-bond acceptors (Lipinski definition) is 4. The number of rotatable bonds is 4. The van der Waals surface area contributed by atoms with Crippen LogP contribution in [-0.4, -0.2) is 28.0 Å². The first-order valence-corrected chi connectivity index (χ1v) is 6.40. The Morgan fingerprint density at radius 1 is 1.50 bits per heavy atom. The second kappa shape index (κ2) is 4.99. The summed E-state index contributed by atoms with van der Waals surface area (Å²) in [5, 5.41) is 26.3. The summed E-state index contributed by atoms with van der Waals surface area (Å²) in [4.78, 5) is 0. The fourth-order valence-electron chi connectivity index (χ4n) is 2.78. The molecule has 0 saturated heterocycles. The molecule has 1 aliphatic carbocycles. The number of aliphatic hydroxyl groups excluding tert-OH is 1. The van der Waals surface area contributed by atoms with E-state index in [1.807, 2.05) is 14.0 Å². The Morgan fingerprint density at radius 2 is 2.17 bits per heavy atom. The summed E-state index contributed by atoms with van der Waals surface area (Å²) < 4.78 is 1.70. The van der Waals surface area contributed by atoms with Crippen LogP contribution in [0.15, 0.2) is 0 Å². The molecule has 0 aromatic carbocycles. The van der Waals surface area contributed by atoms with Gasteiger partial charge in [-0.1, -0.05) is 12.8 Å². The van der Waals surface area contributed by atoms with Crippen LogP contribution in [0.25, 0.3) is 0 Å². The van der Waals surface area contributed by atoms with E-state index in [9.17, 15) is 5.11 Å². The monoisotopic (exact) mass is 248 g/mol. The SMILES string of the molecule is Cc1nn(C)c(NCC2(CO)CCCC2)c1C#N. The summed E-state index contributed by atoms with van der Waals surface area (Å²) in [5.74, 6) is 0.759.